The van der Waals surface area contributed by atoms with Crippen molar-refractivity contribution in [2.24, 2.45) is 5.92 Å². The molecule has 0 saturated heterocycles. The molecule has 92 valence electrons. The van der Waals surface area contributed by atoms with Crippen molar-refractivity contribution in [3.05, 3.63) is 0 Å². The van der Waals surface area contributed by atoms with Crippen LogP contribution >= 0.6 is 0 Å². The van der Waals surface area contributed by atoms with Crippen LogP contribution in [0.25, 0.3) is 0 Å². The second-order valence-electron chi connectivity index (χ2n) is 4.40. The van der Waals surface area contributed by atoms with Gasteiger partial charge in [-0.05, 0) is 12.3 Å². The van der Waals surface area contributed by atoms with Gasteiger partial charge in [-0.25, -0.2) is 8.42 Å². The summed E-state index contributed by atoms with van der Waals surface area (Å²) in [7, 11) is -3.05. The maximum atomic E-state index is 11.0. The average molecular weight is 236 g/mol. The molecule has 0 spiro atoms. The minimum atomic E-state index is -3.05. The van der Waals surface area contributed by atoms with Gasteiger partial charge in [0.1, 0.15) is 9.84 Å². The minimum Gasteiger partial charge on any atom is -0.392 e. The molecule has 0 aliphatic rings. The molecule has 2 atom stereocenters. The van der Waals surface area contributed by atoms with Gasteiger partial charge in [0.15, 0.2) is 0 Å². The molecule has 15 heavy (non-hydrogen) atoms. The molecular weight excluding hydrogens is 212 g/mol. The van der Waals surface area contributed by atoms with Crippen molar-refractivity contribution in [2.75, 3.05) is 12.0 Å². The van der Waals surface area contributed by atoms with Crippen molar-refractivity contribution >= 4 is 9.84 Å². The molecular formula is C11H24O3S. The number of aliphatic hydroxyl groups excluding tert-OH is 1. The lowest BCUT2D eigenvalue weighted by Gasteiger charge is -2.18. The van der Waals surface area contributed by atoms with E-state index in [1.54, 1.807) is 0 Å². The fourth-order valence-corrected chi connectivity index (χ4v) is 2.62. The Balaban J connectivity index is 3.95. The highest BCUT2D eigenvalue weighted by Crippen LogP contribution is 2.19. The fraction of sp³-hybridized carbons (Fsp3) is 1.00. The molecule has 0 aliphatic heterocycles. The van der Waals surface area contributed by atoms with Crippen molar-refractivity contribution in [3.63, 3.8) is 0 Å². The summed E-state index contributed by atoms with van der Waals surface area (Å²) >= 11 is 0. The molecule has 0 aromatic carbocycles. The van der Waals surface area contributed by atoms with E-state index >= 15 is 0 Å². The lowest BCUT2D eigenvalue weighted by molar-refractivity contribution is 0.157. The first kappa shape index (κ1) is 14.9. The Bertz CT molecular complexity index is 247. The molecule has 0 rings (SSSR count). The molecule has 0 amide bonds. The van der Waals surface area contributed by atoms with Crippen LogP contribution in [0.15, 0.2) is 0 Å². The fourth-order valence-electron chi connectivity index (χ4n) is 1.78. The first-order valence-corrected chi connectivity index (χ1v) is 7.80. The molecule has 0 heterocycles. The highest BCUT2D eigenvalue weighted by atomic mass is 32.2. The van der Waals surface area contributed by atoms with E-state index in [1.165, 1.54) is 6.26 Å². The lowest BCUT2D eigenvalue weighted by atomic mass is 9.94. The third-order valence-corrected chi connectivity index (χ3v) is 3.63. The number of rotatable bonds is 8. The van der Waals surface area contributed by atoms with Crippen LogP contribution in [-0.2, 0) is 9.84 Å². The van der Waals surface area contributed by atoms with Crippen molar-refractivity contribution in [1.29, 1.82) is 0 Å². The highest BCUT2D eigenvalue weighted by Gasteiger charge is 2.16. The summed E-state index contributed by atoms with van der Waals surface area (Å²) in [4.78, 5) is 0. The van der Waals surface area contributed by atoms with Crippen molar-refractivity contribution < 1.29 is 13.5 Å². The number of aliphatic hydroxyl groups is 1. The summed E-state index contributed by atoms with van der Waals surface area (Å²) in [6.07, 6.45) is 5.51. The highest BCUT2D eigenvalue weighted by molar-refractivity contribution is 7.90. The number of unbranched alkanes of at least 4 members (excludes halogenated alkanes) is 1. The predicted octanol–water partition coefficient (Wildman–Crippen LogP) is 2.00. The van der Waals surface area contributed by atoms with Gasteiger partial charge in [-0.1, -0.05) is 39.5 Å². The summed E-state index contributed by atoms with van der Waals surface area (Å²) in [5, 5.41) is 9.61. The third-order valence-electron chi connectivity index (χ3n) is 2.64. The molecule has 3 nitrogen and oxygen atoms in total. The Labute approximate surface area is 93.8 Å². The number of hydrogen-bond acceptors (Lipinski definition) is 3. The first-order chi connectivity index (χ1) is 6.89. The van der Waals surface area contributed by atoms with Gasteiger partial charge >= 0.3 is 0 Å². The summed E-state index contributed by atoms with van der Waals surface area (Å²) in [5.74, 6) is 0.358. The van der Waals surface area contributed by atoms with Gasteiger partial charge in [0.05, 0.1) is 11.9 Å². The second-order valence-corrected chi connectivity index (χ2v) is 6.58. The molecule has 2 unspecified atom stereocenters. The van der Waals surface area contributed by atoms with Crippen LogP contribution in [-0.4, -0.2) is 31.6 Å². The van der Waals surface area contributed by atoms with Gasteiger partial charge in [0.25, 0.3) is 0 Å². The lowest BCUT2D eigenvalue weighted by Crippen LogP contribution is -2.22. The summed E-state index contributed by atoms with van der Waals surface area (Å²) in [6.45, 7) is 4.23. The maximum absolute atomic E-state index is 11.0. The van der Waals surface area contributed by atoms with Gasteiger partial charge in [-0.3, -0.25) is 0 Å². The van der Waals surface area contributed by atoms with E-state index in [1.807, 2.05) is 0 Å². The van der Waals surface area contributed by atoms with Crippen LogP contribution in [0.3, 0.4) is 0 Å². The molecule has 0 aliphatic carbocycles. The largest absolute Gasteiger partial charge is 0.392 e. The summed E-state index contributed by atoms with van der Waals surface area (Å²) in [6, 6.07) is 0. The molecule has 0 aromatic heterocycles. The van der Waals surface area contributed by atoms with Crippen LogP contribution in [0.1, 0.15) is 46.0 Å². The predicted molar refractivity (Wildman–Crippen MR) is 63.6 cm³/mol. The summed E-state index contributed by atoms with van der Waals surface area (Å²) in [5.41, 5.74) is 0. The van der Waals surface area contributed by atoms with E-state index in [4.69, 9.17) is 0 Å². The number of sulfone groups is 1. The van der Waals surface area contributed by atoms with Crippen LogP contribution in [0, 0.1) is 5.92 Å². The van der Waals surface area contributed by atoms with Crippen molar-refractivity contribution in [3.8, 4) is 0 Å². The monoisotopic (exact) mass is 236 g/mol. The SMILES string of the molecule is CCCCC(CC)CC(O)CS(C)(=O)=O. The van der Waals surface area contributed by atoms with E-state index < -0.39 is 15.9 Å². The van der Waals surface area contributed by atoms with E-state index in [0.717, 1.165) is 25.7 Å². The van der Waals surface area contributed by atoms with Crippen LogP contribution in [0.2, 0.25) is 0 Å². The van der Waals surface area contributed by atoms with E-state index in [2.05, 4.69) is 13.8 Å². The molecule has 0 aromatic rings. The molecule has 1 N–H and O–H groups in total. The zero-order valence-corrected chi connectivity index (χ0v) is 10.9. The Morgan fingerprint density at radius 3 is 2.27 bits per heavy atom. The van der Waals surface area contributed by atoms with Crippen LogP contribution < -0.4 is 0 Å². The molecule has 0 radical (unpaired) electrons. The molecule has 0 saturated carbocycles. The van der Waals surface area contributed by atoms with Gasteiger partial charge in [0, 0.05) is 6.26 Å². The Morgan fingerprint density at radius 2 is 1.87 bits per heavy atom. The van der Waals surface area contributed by atoms with Crippen LogP contribution in [0.4, 0.5) is 0 Å². The van der Waals surface area contributed by atoms with Crippen LogP contribution in [0.5, 0.6) is 0 Å². The average Bonchev–Trinajstić information content (AvgIpc) is 2.09. The zero-order valence-electron chi connectivity index (χ0n) is 10.1. The molecule has 0 fully saturated rings. The van der Waals surface area contributed by atoms with Gasteiger partial charge in [-0.15, -0.1) is 0 Å². The van der Waals surface area contributed by atoms with Gasteiger partial charge in [0.2, 0.25) is 0 Å². The Morgan fingerprint density at radius 1 is 1.27 bits per heavy atom. The standard InChI is InChI=1S/C11H24O3S/c1-4-6-7-10(5-2)8-11(12)9-15(3,13)14/h10-12H,4-9H2,1-3H3. The Kier molecular flexibility index (Phi) is 7.18. The van der Waals surface area contributed by atoms with Gasteiger partial charge < -0.3 is 5.11 Å². The van der Waals surface area contributed by atoms with Gasteiger partial charge in [-0.2, -0.15) is 0 Å². The molecule has 0 bridgehead atoms. The smallest absolute Gasteiger partial charge is 0.149 e. The topological polar surface area (TPSA) is 54.4 Å². The van der Waals surface area contributed by atoms with E-state index in [-0.39, 0.29) is 5.75 Å². The minimum absolute atomic E-state index is 0.102. The third kappa shape index (κ3) is 8.88. The second kappa shape index (κ2) is 7.23. The van der Waals surface area contributed by atoms with Crippen molar-refractivity contribution in [2.45, 2.75) is 52.1 Å². The maximum Gasteiger partial charge on any atom is 0.149 e. The number of hydrogen-bond donors (Lipinski definition) is 1. The normalized spacial score (nSPS) is 16.3. The molecule has 4 heteroatoms. The Hall–Kier alpha value is -0.0900. The first-order valence-electron chi connectivity index (χ1n) is 5.74. The quantitative estimate of drug-likeness (QED) is 0.701. The summed E-state index contributed by atoms with van der Waals surface area (Å²) < 4.78 is 21.9. The van der Waals surface area contributed by atoms with E-state index in [0.29, 0.717) is 12.3 Å². The van der Waals surface area contributed by atoms with E-state index in [9.17, 15) is 13.5 Å². The van der Waals surface area contributed by atoms with Crippen molar-refractivity contribution in [1.82, 2.24) is 0 Å². The zero-order chi connectivity index (χ0) is 11.9.